The minimum absolute atomic E-state index is 0.0110. The van der Waals surface area contributed by atoms with Gasteiger partial charge in [0.2, 0.25) is 0 Å². The van der Waals surface area contributed by atoms with Crippen LogP contribution in [-0.4, -0.2) is 47.9 Å². The number of hydrogen-bond acceptors (Lipinski definition) is 6. The lowest BCUT2D eigenvalue weighted by Gasteiger charge is -2.34. The van der Waals surface area contributed by atoms with Crippen molar-refractivity contribution in [2.75, 3.05) is 6.61 Å². The van der Waals surface area contributed by atoms with Crippen LogP contribution in [0.1, 0.15) is 78.6 Å². The quantitative estimate of drug-likeness (QED) is 0.342. The first-order chi connectivity index (χ1) is 18.2. The number of rotatable bonds is 9. The molecule has 7 heteroatoms. The molecule has 0 aromatic heterocycles. The third-order valence-electron chi connectivity index (χ3n) is 12.8. The molecule has 15 atom stereocenters. The predicted octanol–water partition coefficient (Wildman–Crippen LogP) is 4.71. The van der Waals surface area contributed by atoms with Gasteiger partial charge in [-0.15, -0.1) is 0 Å². The van der Waals surface area contributed by atoms with Crippen LogP contribution in [0.15, 0.2) is 0 Å². The normalized spacial score (nSPS) is 49.2. The van der Waals surface area contributed by atoms with Gasteiger partial charge in [-0.05, 0) is 112 Å². The Hall–Kier alpha value is -1.63. The maximum Gasteiger partial charge on any atom is 0.311 e. The molecule has 0 aromatic carbocycles. The van der Waals surface area contributed by atoms with E-state index in [1.807, 2.05) is 20.8 Å². The summed E-state index contributed by atoms with van der Waals surface area (Å²) < 4.78 is 17.9. The van der Waals surface area contributed by atoms with Gasteiger partial charge in [-0.3, -0.25) is 14.4 Å². The van der Waals surface area contributed by atoms with Gasteiger partial charge in [-0.1, -0.05) is 13.8 Å². The van der Waals surface area contributed by atoms with E-state index in [1.54, 1.807) is 0 Å². The minimum Gasteiger partial charge on any atom is -0.481 e. The fraction of sp³-hybridized carbons (Fsp3) is 0.903. The molecule has 1 aliphatic heterocycles. The molecule has 0 aromatic rings. The van der Waals surface area contributed by atoms with Crippen LogP contribution in [-0.2, 0) is 28.6 Å². The molecular weight excluding hydrogens is 484 g/mol. The molecule has 4 bridgehead atoms. The number of ether oxygens (including phenoxy) is 3. The Kier molecular flexibility index (Phi) is 5.96. The monoisotopic (exact) mass is 528 g/mol. The molecule has 1 N–H and O–H groups in total. The Morgan fingerprint density at radius 1 is 0.947 bits per heavy atom. The summed E-state index contributed by atoms with van der Waals surface area (Å²) in [6.07, 6.45) is 9.15. The van der Waals surface area contributed by atoms with E-state index >= 15 is 0 Å². The summed E-state index contributed by atoms with van der Waals surface area (Å²) in [5.74, 6) is 3.37. The van der Waals surface area contributed by atoms with Crippen LogP contribution in [0.25, 0.3) is 0 Å². The van der Waals surface area contributed by atoms with Gasteiger partial charge in [-0.25, -0.2) is 0 Å². The smallest absolute Gasteiger partial charge is 0.311 e. The summed E-state index contributed by atoms with van der Waals surface area (Å²) >= 11 is 0. The highest BCUT2D eigenvalue weighted by molar-refractivity contribution is 5.78. The topological polar surface area (TPSA) is 102 Å². The van der Waals surface area contributed by atoms with Crippen LogP contribution in [0.5, 0.6) is 0 Å². The molecule has 7 nitrogen and oxygen atoms in total. The average molecular weight is 529 g/mol. The second-order valence-electron chi connectivity index (χ2n) is 14.6. The number of carboxylic acids is 1. The van der Waals surface area contributed by atoms with Crippen molar-refractivity contribution >= 4 is 17.9 Å². The third kappa shape index (κ3) is 3.88. The Balaban J connectivity index is 0.911. The third-order valence-corrected chi connectivity index (χ3v) is 12.8. The number of hydrogen-bond donors (Lipinski definition) is 1. The summed E-state index contributed by atoms with van der Waals surface area (Å²) in [4.78, 5) is 38.0. The van der Waals surface area contributed by atoms with E-state index in [0.29, 0.717) is 79.0 Å². The van der Waals surface area contributed by atoms with Crippen molar-refractivity contribution in [2.24, 2.45) is 70.5 Å². The van der Waals surface area contributed by atoms with Gasteiger partial charge in [0.15, 0.2) is 0 Å². The summed E-state index contributed by atoms with van der Waals surface area (Å²) in [5.41, 5.74) is -0.722. The number of carbonyl (C=O) groups is 3. The lowest BCUT2D eigenvalue weighted by molar-refractivity contribution is -0.164. The molecule has 1 saturated heterocycles. The van der Waals surface area contributed by atoms with E-state index < -0.39 is 11.4 Å². The molecule has 7 rings (SSSR count). The van der Waals surface area contributed by atoms with Crippen molar-refractivity contribution in [1.29, 1.82) is 0 Å². The first-order valence-electron chi connectivity index (χ1n) is 15.4. The molecule has 7 fully saturated rings. The van der Waals surface area contributed by atoms with Crippen LogP contribution >= 0.6 is 0 Å². The maximum atomic E-state index is 13.3. The Labute approximate surface area is 225 Å². The van der Waals surface area contributed by atoms with Gasteiger partial charge < -0.3 is 19.3 Å². The van der Waals surface area contributed by atoms with Gasteiger partial charge in [0.25, 0.3) is 0 Å². The lowest BCUT2D eigenvalue weighted by atomic mass is 9.76. The number of fused-ring (bicyclic) bond motifs is 12. The summed E-state index contributed by atoms with van der Waals surface area (Å²) in [6, 6.07) is 0. The van der Waals surface area contributed by atoms with Crippen LogP contribution in [0.3, 0.4) is 0 Å². The van der Waals surface area contributed by atoms with Crippen LogP contribution < -0.4 is 0 Å². The zero-order valence-electron chi connectivity index (χ0n) is 23.1. The first kappa shape index (κ1) is 25.3. The Bertz CT molecular complexity index is 1010. The minimum atomic E-state index is -0.722. The van der Waals surface area contributed by atoms with Crippen molar-refractivity contribution in [3.05, 3.63) is 0 Å². The molecule has 210 valence electrons. The Morgan fingerprint density at radius 3 is 2.45 bits per heavy atom. The van der Waals surface area contributed by atoms with Gasteiger partial charge in [0.05, 0.1) is 36.1 Å². The molecule has 0 spiro atoms. The van der Waals surface area contributed by atoms with Gasteiger partial charge in [0.1, 0.15) is 6.10 Å². The highest BCUT2D eigenvalue weighted by atomic mass is 16.6. The maximum absolute atomic E-state index is 13.3. The van der Waals surface area contributed by atoms with E-state index in [-0.39, 0.29) is 29.9 Å². The highest BCUT2D eigenvalue weighted by Gasteiger charge is 2.67. The molecule has 0 amide bonds. The zero-order valence-corrected chi connectivity index (χ0v) is 23.1. The molecule has 1 heterocycles. The first-order valence-corrected chi connectivity index (χ1v) is 15.4. The van der Waals surface area contributed by atoms with Gasteiger partial charge in [0, 0.05) is 5.92 Å². The largest absolute Gasteiger partial charge is 0.481 e. The molecule has 7 aliphatic rings. The second-order valence-corrected chi connectivity index (χ2v) is 14.6. The lowest BCUT2D eigenvalue weighted by Crippen LogP contribution is -2.38. The average Bonchev–Trinajstić information content (AvgIpc) is 3.50. The molecule has 6 saturated carbocycles. The molecule has 38 heavy (non-hydrogen) atoms. The number of esters is 2. The summed E-state index contributed by atoms with van der Waals surface area (Å²) in [7, 11) is 0. The van der Waals surface area contributed by atoms with Crippen molar-refractivity contribution in [2.45, 2.75) is 96.9 Å². The second kappa shape index (κ2) is 8.94. The fourth-order valence-corrected chi connectivity index (χ4v) is 10.7. The number of epoxide rings is 1. The highest BCUT2D eigenvalue weighted by Crippen LogP contribution is 2.65. The van der Waals surface area contributed by atoms with Crippen LogP contribution in [0.2, 0.25) is 0 Å². The van der Waals surface area contributed by atoms with Gasteiger partial charge in [-0.2, -0.15) is 0 Å². The zero-order chi connectivity index (χ0) is 26.5. The van der Waals surface area contributed by atoms with Crippen molar-refractivity contribution in [3.63, 3.8) is 0 Å². The SMILES string of the molecule is CCC(C)(CC(C)C(=O)OC1CC2CC1C1C2CC2OC21)C(=O)OCC1CC2CC1C1CC(C(=O)O)CC21. The number of carbonyl (C=O) groups excluding carboxylic acids is 2. The van der Waals surface area contributed by atoms with Gasteiger partial charge >= 0.3 is 17.9 Å². The predicted molar refractivity (Wildman–Crippen MR) is 137 cm³/mol. The molecule has 0 radical (unpaired) electrons. The van der Waals surface area contributed by atoms with Crippen molar-refractivity contribution < 1.29 is 33.7 Å². The summed E-state index contributed by atoms with van der Waals surface area (Å²) in [6.45, 7) is 6.24. The number of aliphatic carboxylic acids is 1. The van der Waals surface area contributed by atoms with E-state index in [1.165, 1.54) is 12.8 Å². The van der Waals surface area contributed by atoms with E-state index in [0.717, 1.165) is 38.0 Å². The van der Waals surface area contributed by atoms with Crippen LogP contribution in [0.4, 0.5) is 0 Å². The van der Waals surface area contributed by atoms with Crippen LogP contribution in [0, 0.1) is 70.5 Å². The molecule has 6 aliphatic carbocycles. The number of carboxylic acid groups (broad SMARTS) is 1. The standard InChI is InChI=1S/C31H44O7/c1-4-31(3,30(35)36-13-18-5-15-6-20(18)22-9-17(28(32)33)8-19(15)22)12-14(2)29(34)38-24-10-16-7-23(24)26-21(16)11-25-27(26)37-25/h14-27H,4-13H2,1-3H3,(H,32,33). The van der Waals surface area contributed by atoms with E-state index in [9.17, 15) is 19.5 Å². The summed E-state index contributed by atoms with van der Waals surface area (Å²) in [5, 5.41) is 9.48. The fourth-order valence-electron chi connectivity index (χ4n) is 10.7. The van der Waals surface area contributed by atoms with E-state index in [4.69, 9.17) is 14.2 Å². The molecule has 15 unspecified atom stereocenters. The van der Waals surface area contributed by atoms with Crippen molar-refractivity contribution in [3.8, 4) is 0 Å². The molecular formula is C31H44O7. The van der Waals surface area contributed by atoms with Crippen molar-refractivity contribution in [1.82, 2.24) is 0 Å². The van der Waals surface area contributed by atoms with E-state index in [2.05, 4.69) is 0 Å². The Morgan fingerprint density at radius 2 is 1.68 bits per heavy atom.